The molecule has 1 aliphatic rings. The fraction of sp³-hybridized carbons (Fsp3) is 0.190. The third-order valence-electron chi connectivity index (χ3n) is 4.97. The molecule has 0 amide bonds. The molecule has 0 N–H and O–H groups in total. The van der Waals surface area contributed by atoms with Crippen LogP contribution >= 0.6 is 0 Å². The fourth-order valence-corrected chi connectivity index (χ4v) is 3.74. The number of aryl methyl sites for hydroxylation is 3. The molecular weight excluding hydrogens is 282 g/mol. The van der Waals surface area contributed by atoms with Crippen LogP contribution in [0.5, 0.6) is 0 Å². The Morgan fingerprint density at radius 2 is 1.87 bits per heavy atom. The predicted octanol–water partition coefficient (Wildman–Crippen LogP) is 5.31. The number of hydrogen-bond acceptors (Lipinski definition) is 2. The molecule has 2 heteroatoms. The molecule has 1 aliphatic carbocycles. The lowest BCUT2D eigenvalue weighted by Gasteiger charge is -2.05. The van der Waals surface area contributed by atoms with Crippen LogP contribution in [0.2, 0.25) is 0 Å². The van der Waals surface area contributed by atoms with Gasteiger partial charge < -0.3 is 4.42 Å². The molecule has 1 heterocycles. The average Bonchev–Trinajstić information content (AvgIpc) is 3.20. The van der Waals surface area contributed by atoms with E-state index < -0.39 is 0 Å². The van der Waals surface area contributed by atoms with Crippen LogP contribution in [0, 0.1) is 0 Å². The summed E-state index contributed by atoms with van der Waals surface area (Å²) in [5.74, 6) is 0.726. The van der Waals surface area contributed by atoms with Gasteiger partial charge in [-0.3, -0.25) is 0 Å². The molecule has 0 aliphatic heterocycles. The van der Waals surface area contributed by atoms with Gasteiger partial charge in [-0.25, -0.2) is 4.98 Å². The number of fused-ring (bicyclic) bond motifs is 1. The first-order valence-corrected chi connectivity index (χ1v) is 8.27. The lowest BCUT2D eigenvalue weighted by atomic mass is 10.00. The number of nitrogens with zero attached hydrogens (tertiary/aromatic N) is 1. The van der Waals surface area contributed by atoms with Crippen LogP contribution in [0.4, 0.5) is 0 Å². The van der Waals surface area contributed by atoms with E-state index in [0.29, 0.717) is 0 Å². The lowest BCUT2D eigenvalue weighted by molar-refractivity contribution is 0.620. The highest BCUT2D eigenvalue weighted by Crippen LogP contribution is 2.37. The van der Waals surface area contributed by atoms with E-state index in [0.717, 1.165) is 41.8 Å². The maximum Gasteiger partial charge on any atom is 0.227 e. The van der Waals surface area contributed by atoms with Crippen LogP contribution in [0.15, 0.2) is 52.9 Å². The first kappa shape index (κ1) is 12.9. The van der Waals surface area contributed by atoms with Crippen LogP contribution < -0.4 is 0 Å². The molecule has 2 nitrogen and oxygen atoms in total. The number of rotatable bonds is 2. The van der Waals surface area contributed by atoms with E-state index in [4.69, 9.17) is 9.40 Å². The smallest absolute Gasteiger partial charge is 0.227 e. The Kier molecular flexibility index (Phi) is 2.63. The zero-order chi connectivity index (χ0) is 15.4. The van der Waals surface area contributed by atoms with E-state index in [1.807, 2.05) is 6.07 Å². The molecule has 0 saturated carbocycles. The highest BCUT2D eigenvalue weighted by molar-refractivity contribution is 6.00. The predicted molar refractivity (Wildman–Crippen MR) is 93.7 cm³/mol. The van der Waals surface area contributed by atoms with Gasteiger partial charge in [0.25, 0.3) is 0 Å². The summed E-state index contributed by atoms with van der Waals surface area (Å²) in [4.78, 5) is 4.75. The van der Waals surface area contributed by atoms with E-state index >= 15 is 0 Å². The first-order chi connectivity index (χ1) is 11.3. The van der Waals surface area contributed by atoms with Crippen molar-refractivity contribution in [2.45, 2.75) is 26.2 Å². The Bertz CT molecular complexity index is 1050. The van der Waals surface area contributed by atoms with Crippen LogP contribution in [0.1, 0.15) is 23.6 Å². The molecule has 0 atom stereocenters. The summed E-state index contributed by atoms with van der Waals surface area (Å²) < 4.78 is 6.05. The molecule has 1 aromatic heterocycles. The molecule has 0 bridgehead atoms. The summed E-state index contributed by atoms with van der Waals surface area (Å²) >= 11 is 0. The maximum absolute atomic E-state index is 6.05. The summed E-state index contributed by atoms with van der Waals surface area (Å²) in [7, 11) is 0. The van der Waals surface area contributed by atoms with Crippen molar-refractivity contribution in [1.82, 2.24) is 4.98 Å². The fourth-order valence-electron chi connectivity index (χ4n) is 3.74. The molecule has 0 spiro atoms. The Morgan fingerprint density at radius 3 is 2.74 bits per heavy atom. The van der Waals surface area contributed by atoms with E-state index in [-0.39, 0.29) is 0 Å². The monoisotopic (exact) mass is 299 g/mol. The summed E-state index contributed by atoms with van der Waals surface area (Å²) in [6, 6.07) is 17.3. The second-order valence-corrected chi connectivity index (χ2v) is 6.29. The molecule has 112 valence electrons. The molecule has 0 fully saturated rings. The molecule has 3 aromatic carbocycles. The van der Waals surface area contributed by atoms with Gasteiger partial charge in [0.1, 0.15) is 5.52 Å². The van der Waals surface area contributed by atoms with Crippen LogP contribution in [0.3, 0.4) is 0 Å². The van der Waals surface area contributed by atoms with Gasteiger partial charge in [-0.1, -0.05) is 37.3 Å². The van der Waals surface area contributed by atoms with Gasteiger partial charge in [-0.05, 0) is 64.9 Å². The van der Waals surface area contributed by atoms with Crippen molar-refractivity contribution in [3.63, 3.8) is 0 Å². The van der Waals surface area contributed by atoms with Gasteiger partial charge in [-0.15, -0.1) is 0 Å². The first-order valence-electron chi connectivity index (χ1n) is 8.27. The van der Waals surface area contributed by atoms with Gasteiger partial charge in [0.2, 0.25) is 5.89 Å². The summed E-state index contributed by atoms with van der Waals surface area (Å²) in [5, 5.41) is 2.67. The number of hydrogen-bond donors (Lipinski definition) is 0. The van der Waals surface area contributed by atoms with E-state index in [9.17, 15) is 0 Å². The minimum atomic E-state index is 0.726. The quantitative estimate of drug-likeness (QED) is 0.501. The van der Waals surface area contributed by atoms with Crippen molar-refractivity contribution in [3.05, 3.63) is 65.2 Å². The Morgan fingerprint density at radius 1 is 1.00 bits per heavy atom. The highest BCUT2D eigenvalue weighted by atomic mass is 16.3. The minimum Gasteiger partial charge on any atom is -0.436 e. The second-order valence-electron chi connectivity index (χ2n) is 6.29. The third-order valence-corrected chi connectivity index (χ3v) is 4.97. The Labute approximate surface area is 134 Å². The largest absolute Gasteiger partial charge is 0.436 e. The number of aromatic nitrogens is 1. The van der Waals surface area contributed by atoms with Gasteiger partial charge in [0, 0.05) is 5.56 Å². The molecule has 0 unspecified atom stereocenters. The minimum absolute atomic E-state index is 0.726. The Hall–Kier alpha value is -2.61. The third kappa shape index (κ3) is 1.84. The summed E-state index contributed by atoms with van der Waals surface area (Å²) in [6.07, 6.45) is 3.30. The van der Waals surface area contributed by atoms with Crippen LogP contribution in [-0.4, -0.2) is 4.98 Å². The average molecular weight is 299 g/mol. The Balaban J connectivity index is 1.78. The van der Waals surface area contributed by atoms with Gasteiger partial charge in [0.05, 0.1) is 0 Å². The normalized spacial score (nSPS) is 13.3. The van der Waals surface area contributed by atoms with E-state index in [1.165, 1.54) is 27.5 Å². The topological polar surface area (TPSA) is 26.0 Å². The van der Waals surface area contributed by atoms with Crippen LogP contribution in [0.25, 0.3) is 33.3 Å². The van der Waals surface area contributed by atoms with E-state index in [1.54, 1.807) is 0 Å². The number of benzene rings is 3. The standard InChI is InChI=1S/C21H17NO/c1-2-13-6-11-19-18(12-13)22-21(23-19)17-10-9-15-8-7-14-4-3-5-16(17)20(14)15/h3-6,9-12H,2,7-8H2,1H3. The zero-order valence-corrected chi connectivity index (χ0v) is 13.1. The molecule has 23 heavy (non-hydrogen) atoms. The van der Waals surface area contributed by atoms with Gasteiger partial charge in [-0.2, -0.15) is 0 Å². The lowest BCUT2D eigenvalue weighted by Crippen LogP contribution is -1.84. The summed E-state index contributed by atoms with van der Waals surface area (Å²) in [6.45, 7) is 2.16. The van der Waals surface area contributed by atoms with Crippen molar-refractivity contribution in [3.8, 4) is 11.5 Å². The van der Waals surface area contributed by atoms with Crippen LogP contribution in [-0.2, 0) is 19.3 Å². The van der Waals surface area contributed by atoms with Crippen molar-refractivity contribution in [1.29, 1.82) is 0 Å². The molecule has 5 rings (SSSR count). The summed E-state index contributed by atoms with van der Waals surface area (Å²) in [5.41, 5.74) is 7.09. The SMILES string of the molecule is CCc1ccc2oc(-c3ccc4c5c(cccc35)CC4)nc2c1. The second kappa shape index (κ2) is 4.69. The van der Waals surface area contributed by atoms with Crippen molar-refractivity contribution in [2.75, 3.05) is 0 Å². The zero-order valence-electron chi connectivity index (χ0n) is 13.1. The maximum atomic E-state index is 6.05. The molecule has 4 aromatic rings. The van der Waals surface area contributed by atoms with Gasteiger partial charge >= 0.3 is 0 Å². The van der Waals surface area contributed by atoms with Crippen molar-refractivity contribution in [2.24, 2.45) is 0 Å². The molecule has 0 radical (unpaired) electrons. The molecular formula is C21H17NO. The number of oxazole rings is 1. The highest BCUT2D eigenvalue weighted by Gasteiger charge is 2.18. The van der Waals surface area contributed by atoms with E-state index in [2.05, 4.69) is 49.4 Å². The molecule has 0 saturated heterocycles. The van der Waals surface area contributed by atoms with Gasteiger partial charge in [0.15, 0.2) is 5.58 Å². The van der Waals surface area contributed by atoms with Crippen molar-refractivity contribution >= 4 is 21.9 Å². The van der Waals surface area contributed by atoms with Crippen molar-refractivity contribution < 1.29 is 4.42 Å².